The lowest BCUT2D eigenvalue weighted by Crippen LogP contribution is -2.31. The maximum Gasteiger partial charge on any atom is 0.274 e. The van der Waals surface area contributed by atoms with Gasteiger partial charge in [0.15, 0.2) is 0 Å². The Bertz CT molecular complexity index is 1320. The van der Waals surface area contributed by atoms with Gasteiger partial charge in [0.1, 0.15) is 11.5 Å². The lowest BCUT2D eigenvalue weighted by atomic mass is 9.77. The maximum absolute atomic E-state index is 13.8. The molecular formula is C31H31BrN2O3. The largest absolute Gasteiger partial charge is 0.494 e. The predicted octanol–water partition coefficient (Wildman–Crippen LogP) is 7.68. The van der Waals surface area contributed by atoms with Crippen LogP contribution >= 0.6 is 15.9 Å². The monoisotopic (exact) mass is 558 g/mol. The van der Waals surface area contributed by atoms with Crippen molar-refractivity contribution < 1.29 is 14.3 Å². The fraction of sp³-hybridized carbons (Fsp3) is 0.290. The van der Waals surface area contributed by atoms with E-state index in [1.165, 1.54) is 5.57 Å². The van der Waals surface area contributed by atoms with E-state index in [2.05, 4.69) is 46.3 Å². The van der Waals surface area contributed by atoms with E-state index < -0.39 is 0 Å². The molecule has 2 atom stereocenters. The van der Waals surface area contributed by atoms with Crippen molar-refractivity contribution in [3.8, 4) is 11.5 Å². The minimum absolute atomic E-state index is 0.0949. The summed E-state index contributed by atoms with van der Waals surface area (Å²) in [6, 6.07) is 23.6. The molecule has 37 heavy (non-hydrogen) atoms. The molecule has 2 aliphatic rings. The van der Waals surface area contributed by atoms with Crippen LogP contribution in [0, 0.1) is 5.92 Å². The van der Waals surface area contributed by atoms with Gasteiger partial charge in [0, 0.05) is 16.0 Å². The first kappa shape index (κ1) is 25.3. The molecule has 1 heterocycles. The molecule has 5 rings (SSSR count). The summed E-state index contributed by atoms with van der Waals surface area (Å²) >= 11 is 3.51. The molecule has 5 nitrogen and oxygen atoms in total. The van der Waals surface area contributed by atoms with E-state index in [-0.39, 0.29) is 17.9 Å². The van der Waals surface area contributed by atoms with Crippen molar-refractivity contribution in [2.75, 3.05) is 13.2 Å². The van der Waals surface area contributed by atoms with Crippen LogP contribution in [-0.4, -0.2) is 29.8 Å². The summed E-state index contributed by atoms with van der Waals surface area (Å²) in [7, 11) is 0. The number of hydrogen-bond donors (Lipinski definition) is 0. The van der Waals surface area contributed by atoms with Crippen LogP contribution in [0.25, 0.3) is 6.08 Å². The number of rotatable bonds is 7. The molecular weight excluding hydrogens is 528 g/mol. The normalized spacial score (nSPS) is 19.9. The number of carbonyl (C=O) groups excluding carboxylic acids is 1. The number of carbonyl (C=O) groups is 1. The zero-order valence-corrected chi connectivity index (χ0v) is 22.8. The third-order valence-corrected chi connectivity index (χ3v) is 7.34. The van der Waals surface area contributed by atoms with Crippen molar-refractivity contribution in [2.24, 2.45) is 11.0 Å². The summed E-state index contributed by atoms with van der Waals surface area (Å²) in [5.74, 6) is 1.74. The zero-order chi connectivity index (χ0) is 25.8. The number of fused-ring (bicyclic) bond motifs is 1. The molecule has 2 unspecified atom stereocenters. The van der Waals surface area contributed by atoms with E-state index in [0.717, 1.165) is 52.1 Å². The molecule has 1 aliphatic carbocycles. The van der Waals surface area contributed by atoms with Gasteiger partial charge in [0.25, 0.3) is 5.91 Å². The third-order valence-electron chi connectivity index (χ3n) is 6.85. The first-order valence-corrected chi connectivity index (χ1v) is 13.7. The second kappa shape index (κ2) is 11.3. The van der Waals surface area contributed by atoms with Gasteiger partial charge in [-0.3, -0.25) is 4.79 Å². The van der Waals surface area contributed by atoms with Crippen molar-refractivity contribution in [2.45, 2.75) is 39.2 Å². The minimum atomic E-state index is -0.166. The SMILES string of the molecule is CCOc1ccc(/C=C2\CCCC3C2=NN(C(=O)c2cccc(Br)c2)C3c2ccc(OCC)cc2)cc1. The first-order valence-electron chi connectivity index (χ1n) is 12.9. The van der Waals surface area contributed by atoms with Crippen LogP contribution in [0.15, 0.2) is 87.9 Å². The van der Waals surface area contributed by atoms with Crippen LogP contribution in [-0.2, 0) is 0 Å². The molecule has 0 spiro atoms. The van der Waals surface area contributed by atoms with Crippen molar-refractivity contribution in [3.63, 3.8) is 0 Å². The van der Waals surface area contributed by atoms with Gasteiger partial charge in [-0.2, -0.15) is 5.10 Å². The van der Waals surface area contributed by atoms with Crippen LogP contribution in [0.1, 0.15) is 60.6 Å². The van der Waals surface area contributed by atoms with Gasteiger partial charge in [-0.05, 0) is 98.4 Å². The van der Waals surface area contributed by atoms with Gasteiger partial charge in [0.05, 0.1) is 25.0 Å². The molecule has 1 aliphatic heterocycles. The van der Waals surface area contributed by atoms with Crippen LogP contribution < -0.4 is 9.47 Å². The van der Waals surface area contributed by atoms with Gasteiger partial charge in [-0.1, -0.05) is 46.3 Å². The van der Waals surface area contributed by atoms with Gasteiger partial charge in [-0.15, -0.1) is 0 Å². The highest BCUT2D eigenvalue weighted by molar-refractivity contribution is 9.10. The smallest absolute Gasteiger partial charge is 0.274 e. The highest BCUT2D eigenvalue weighted by Crippen LogP contribution is 2.45. The molecule has 0 N–H and O–H groups in total. The quantitative estimate of drug-likeness (QED) is 0.298. The van der Waals surface area contributed by atoms with E-state index in [1.54, 1.807) is 5.01 Å². The Labute approximate surface area is 226 Å². The standard InChI is InChI=1S/C31H31BrN2O3/c1-3-36-26-15-11-21(12-16-26)19-23-7-6-10-28-29(23)33-34(31(35)24-8-5-9-25(32)20-24)30(28)22-13-17-27(18-14-22)37-4-2/h5,8-9,11-20,28,30H,3-4,6-7,10H2,1-2H3/b23-19+. The van der Waals surface area contributed by atoms with Crippen molar-refractivity contribution in [3.05, 3.63) is 99.5 Å². The molecule has 190 valence electrons. The number of nitrogens with zero attached hydrogens (tertiary/aromatic N) is 2. The summed E-state index contributed by atoms with van der Waals surface area (Å²) < 4.78 is 12.1. The van der Waals surface area contributed by atoms with E-state index >= 15 is 0 Å². The summed E-state index contributed by atoms with van der Waals surface area (Å²) in [6.07, 6.45) is 5.19. The number of ether oxygens (including phenoxy) is 2. The fourth-order valence-corrected chi connectivity index (χ4v) is 5.61. The fourth-order valence-electron chi connectivity index (χ4n) is 5.21. The number of hydrogen-bond acceptors (Lipinski definition) is 4. The highest BCUT2D eigenvalue weighted by atomic mass is 79.9. The molecule has 3 aromatic carbocycles. The summed E-state index contributed by atoms with van der Waals surface area (Å²) in [5, 5.41) is 6.72. The van der Waals surface area contributed by atoms with Gasteiger partial charge in [0.2, 0.25) is 0 Å². The number of benzene rings is 3. The molecule has 3 aromatic rings. The van der Waals surface area contributed by atoms with Crippen molar-refractivity contribution in [1.29, 1.82) is 0 Å². The zero-order valence-electron chi connectivity index (χ0n) is 21.2. The van der Waals surface area contributed by atoms with Gasteiger partial charge < -0.3 is 9.47 Å². The van der Waals surface area contributed by atoms with E-state index in [0.29, 0.717) is 18.8 Å². The number of amides is 1. The Morgan fingerprint density at radius 3 is 2.32 bits per heavy atom. The maximum atomic E-state index is 13.8. The molecule has 1 saturated carbocycles. The molecule has 1 amide bonds. The molecule has 6 heteroatoms. The third kappa shape index (κ3) is 5.49. The number of allylic oxidation sites excluding steroid dienone is 1. The average molecular weight is 560 g/mol. The molecule has 0 saturated heterocycles. The van der Waals surface area contributed by atoms with E-state index in [4.69, 9.17) is 14.6 Å². The molecule has 0 bridgehead atoms. The van der Waals surface area contributed by atoms with Crippen LogP contribution in [0.4, 0.5) is 0 Å². The highest BCUT2D eigenvalue weighted by Gasteiger charge is 2.44. The second-order valence-electron chi connectivity index (χ2n) is 9.26. The minimum Gasteiger partial charge on any atom is -0.494 e. The lowest BCUT2D eigenvalue weighted by Gasteiger charge is -2.30. The Morgan fingerprint density at radius 1 is 1.00 bits per heavy atom. The van der Waals surface area contributed by atoms with Crippen LogP contribution in [0.2, 0.25) is 0 Å². The Kier molecular flexibility index (Phi) is 7.75. The Morgan fingerprint density at radius 2 is 1.68 bits per heavy atom. The van der Waals surface area contributed by atoms with Gasteiger partial charge >= 0.3 is 0 Å². The summed E-state index contributed by atoms with van der Waals surface area (Å²) in [5.41, 5.74) is 5.00. The second-order valence-corrected chi connectivity index (χ2v) is 10.2. The molecule has 1 fully saturated rings. The summed E-state index contributed by atoms with van der Waals surface area (Å²) in [4.78, 5) is 13.8. The number of hydrazone groups is 1. The molecule has 0 radical (unpaired) electrons. The van der Waals surface area contributed by atoms with Crippen molar-refractivity contribution >= 4 is 33.6 Å². The first-order chi connectivity index (χ1) is 18.1. The van der Waals surface area contributed by atoms with Crippen LogP contribution in [0.5, 0.6) is 11.5 Å². The predicted molar refractivity (Wildman–Crippen MR) is 151 cm³/mol. The Hall–Kier alpha value is -3.38. The topological polar surface area (TPSA) is 51.1 Å². The van der Waals surface area contributed by atoms with E-state index in [9.17, 15) is 4.79 Å². The van der Waals surface area contributed by atoms with E-state index in [1.807, 2.05) is 62.4 Å². The molecule has 0 aromatic heterocycles. The Balaban J connectivity index is 1.52. The summed E-state index contributed by atoms with van der Waals surface area (Å²) in [6.45, 7) is 5.22. The van der Waals surface area contributed by atoms with Gasteiger partial charge in [-0.25, -0.2) is 5.01 Å². The number of halogens is 1. The van der Waals surface area contributed by atoms with Crippen molar-refractivity contribution in [1.82, 2.24) is 5.01 Å². The van der Waals surface area contributed by atoms with Crippen LogP contribution in [0.3, 0.4) is 0 Å². The average Bonchev–Trinajstić information content (AvgIpc) is 3.31. The lowest BCUT2D eigenvalue weighted by molar-refractivity contribution is 0.0680.